The molecule has 0 spiro atoms. The number of benzene rings is 3. The monoisotopic (exact) mass is 439 g/mol. The minimum atomic E-state index is 0.309. The largest absolute Gasteiger partial charge is 0.508 e. The van der Waals surface area contributed by atoms with Crippen molar-refractivity contribution in [3.63, 3.8) is 0 Å². The summed E-state index contributed by atoms with van der Waals surface area (Å²) in [4.78, 5) is 2.40. The lowest BCUT2D eigenvalue weighted by molar-refractivity contribution is 0.475. The molecule has 1 N–H and O–H groups in total. The Labute approximate surface area is 200 Å². The molecule has 0 radical (unpaired) electrons. The fourth-order valence-electron chi connectivity index (χ4n) is 3.89. The maximum absolute atomic E-state index is 9.65. The summed E-state index contributed by atoms with van der Waals surface area (Å²) in [5.41, 5.74) is 5.90. The number of hydrogen-bond acceptors (Lipinski definition) is 2. The standard InChI is InChI=1S/C31H37NO/c1-3-5-7-8-24-32(30-20-22-31(33)23-21-30)25-29-18-16-28(17-19-29)15-14-27-12-10-26(11-13-27)9-6-4-2/h10-13,16-23,33H,3-9,24-25H2,1-2H3. The van der Waals surface area contributed by atoms with Gasteiger partial charge in [-0.2, -0.15) is 0 Å². The van der Waals surface area contributed by atoms with Crippen LogP contribution in [0.2, 0.25) is 0 Å². The molecule has 172 valence electrons. The van der Waals surface area contributed by atoms with Crippen LogP contribution >= 0.6 is 0 Å². The molecule has 33 heavy (non-hydrogen) atoms. The first-order chi connectivity index (χ1) is 16.2. The molecule has 3 rings (SSSR count). The first-order valence-corrected chi connectivity index (χ1v) is 12.4. The minimum Gasteiger partial charge on any atom is -0.508 e. The van der Waals surface area contributed by atoms with Crippen LogP contribution in [0.5, 0.6) is 5.75 Å². The molecule has 0 saturated heterocycles. The molecule has 0 fully saturated rings. The van der Waals surface area contributed by atoms with Gasteiger partial charge in [0.25, 0.3) is 0 Å². The van der Waals surface area contributed by atoms with Gasteiger partial charge in [0.1, 0.15) is 5.75 Å². The van der Waals surface area contributed by atoms with Gasteiger partial charge in [-0.15, -0.1) is 0 Å². The normalized spacial score (nSPS) is 10.5. The Kier molecular flexibility index (Phi) is 9.92. The Morgan fingerprint density at radius 2 is 1.21 bits per heavy atom. The van der Waals surface area contributed by atoms with E-state index in [2.05, 4.69) is 79.1 Å². The summed E-state index contributed by atoms with van der Waals surface area (Å²) in [7, 11) is 0. The fraction of sp³-hybridized carbons (Fsp3) is 0.355. The zero-order valence-corrected chi connectivity index (χ0v) is 20.2. The van der Waals surface area contributed by atoms with Crippen LogP contribution in [0.4, 0.5) is 5.69 Å². The molecule has 0 aromatic heterocycles. The van der Waals surface area contributed by atoms with Gasteiger partial charge >= 0.3 is 0 Å². The van der Waals surface area contributed by atoms with E-state index in [1.165, 1.54) is 49.7 Å². The van der Waals surface area contributed by atoms with Crippen molar-refractivity contribution in [3.8, 4) is 17.6 Å². The van der Waals surface area contributed by atoms with Gasteiger partial charge in [-0.05, 0) is 78.9 Å². The average Bonchev–Trinajstić information content (AvgIpc) is 2.85. The van der Waals surface area contributed by atoms with Crippen LogP contribution in [0.15, 0.2) is 72.8 Å². The van der Waals surface area contributed by atoms with E-state index in [0.29, 0.717) is 5.75 Å². The van der Waals surface area contributed by atoms with Gasteiger partial charge in [0.15, 0.2) is 0 Å². The molecule has 3 aromatic rings. The minimum absolute atomic E-state index is 0.309. The van der Waals surface area contributed by atoms with Crippen LogP contribution in [0.25, 0.3) is 0 Å². The smallest absolute Gasteiger partial charge is 0.115 e. The molecule has 0 saturated carbocycles. The van der Waals surface area contributed by atoms with Crippen molar-refractivity contribution >= 4 is 5.69 Å². The van der Waals surface area contributed by atoms with E-state index in [4.69, 9.17) is 0 Å². The number of unbranched alkanes of at least 4 members (excludes halogenated alkanes) is 4. The van der Waals surface area contributed by atoms with E-state index in [-0.39, 0.29) is 0 Å². The molecular formula is C31H37NO. The first kappa shape index (κ1) is 24.5. The molecule has 0 amide bonds. The fourth-order valence-corrected chi connectivity index (χ4v) is 3.89. The molecule has 3 aromatic carbocycles. The predicted molar refractivity (Wildman–Crippen MR) is 141 cm³/mol. The highest BCUT2D eigenvalue weighted by Crippen LogP contribution is 2.21. The van der Waals surface area contributed by atoms with Gasteiger partial charge in [-0.25, -0.2) is 0 Å². The second-order valence-electron chi connectivity index (χ2n) is 8.75. The number of phenols is 1. The Hall–Kier alpha value is -3.18. The lowest BCUT2D eigenvalue weighted by Gasteiger charge is -2.25. The number of hydrogen-bond donors (Lipinski definition) is 1. The summed E-state index contributed by atoms with van der Waals surface area (Å²) in [6.45, 7) is 6.33. The van der Waals surface area contributed by atoms with Gasteiger partial charge < -0.3 is 10.0 Å². The van der Waals surface area contributed by atoms with Crippen molar-refractivity contribution < 1.29 is 5.11 Å². The molecule has 0 heterocycles. The predicted octanol–water partition coefficient (Wildman–Crippen LogP) is 7.72. The van der Waals surface area contributed by atoms with E-state index in [1.54, 1.807) is 12.1 Å². The van der Waals surface area contributed by atoms with Crippen LogP contribution < -0.4 is 4.90 Å². The third-order valence-corrected chi connectivity index (χ3v) is 5.95. The third kappa shape index (κ3) is 8.35. The highest BCUT2D eigenvalue weighted by Gasteiger charge is 2.08. The lowest BCUT2D eigenvalue weighted by Crippen LogP contribution is -2.23. The van der Waals surface area contributed by atoms with Gasteiger partial charge in [0, 0.05) is 29.9 Å². The van der Waals surface area contributed by atoms with E-state index in [0.717, 1.165) is 36.3 Å². The summed E-state index contributed by atoms with van der Waals surface area (Å²) in [6.07, 6.45) is 8.55. The molecule has 0 atom stereocenters. The van der Waals surface area contributed by atoms with E-state index in [1.807, 2.05) is 12.1 Å². The second kappa shape index (κ2) is 13.4. The van der Waals surface area contributed by atoms with Crippen molar-refractivity contribution in [1.29, 1.82) is 0 Å². The van der Waals surface area contributed by atoms with Crippen molar-refractivity contribution in [3.05, 3.63) is 95.1 Å². The number of aromatic hydroxyl groups is 1. The van der Waals surface area contributed by atoms with Crippen LogP contribution in [0, 0.1) is 11.8 Å². The summed E-state index contributed by atoms with van der Waals surface area (Å²) in [5, 5.41) is 9.65. The Morgan fingerprint density at radius 3 is 1.79 bits per heavy atom. The quantitative estimate of drug-likeness (QED) is 0.244. The summed E-state index contributed by atoms with van der Waals surface area (Å²) in [5.74, 6) is 6.90. The highest BCUT2D eigenvalue weighted by atomic mass is 16.3. The van der Waals surface area contributed by atoms with Gasteiger partial charge in [-0.3, -0.25) is 0 Å². The first-order valence-electron chi connectivity index (χ1n) is 12.4. The molecule has 0 aliphatic heterocycles. The van der Waals surface area contributed by atoms with Crippen molar-refractivity contribution in [1.82, 2.24) is 0 Å². The molecule has 0 aliphatic carbocycles. The Bertz CT molecular complexity index is 1010. The van der Waals surface area contributed by atoms with Crippen LogP contribution in [-0.4, -0.2) is 11.7 Å². The molecular weight excluding hydrogens is 402 g/mol. The summed E-state index contributed by atoms with van der Waals surface area (Å²) >= 11 is 0. The van der Waals surface area contributed by atoms with Gasteiger partial charge in [0.05, 0.1) is 0 Å². The second-order valence-corrected chi connectivity index (χ2v) is 8.75. The number of phenolic OH excluding ortho intramolecular Hbond substituents is 1. The molecule has 0 aliphatic rings. The van der Waals surface area contributed by atoms with Gasteiger partial charge in [-0.1, -0.05) is 75.6 Å². The molecule has 0 bridgehead atoms. The van der Waals surface area contributed by atoms with E-state index >= 15 is 0 Å². The zero-order valence-electron chi connectivity index (χ0n) is 20.2. The highest BCUT2D eigenvalue weighted by molar-refractivity contribution is 5.50. The number of rotatable bonds is 11. The Balaban J connectivity index is 1.63. The van der Waals surface area contributed by atoms with Crippen LogP contribution in [-0.2, 0) is 13.0 Å². The van der Waals surface area contributed by atoms with Crippen molar-refractivity contribution in [2.75, 3.05) is 11.4 Å². The summed E-state index contributed by atoms with van der Waals surface area (Å²) in [6, 6.07) is 24.8. The van der Waals surface area contributed by atoms with E-state index < -0.39 is 0 Å². The van der Waals surface area contributed by atoms with Crippen LogP contribution in [0.3, 0.4) is 0 Å². The van der Waals surface area contributed by atoms with Crippen LogP contribution in [0.1, 0.15) is 74.6 Å². The van der Waals surface area contributed by atoms with Gasteiger partial charge in [0.2, 0.25) is 0 Å². The topological polar surface area (TPSA) is 23.5 Å². The number of nitrogens with zero attached hydrogens (tertiary/aromatic N) is 1. The third-order valence-electron chi connectivity index (χ3n) is 5.95. The maximum Gasteiger partial charge on any atom is 0.115 e. The van der Waals surface area contributed by atoms with Crippen molar-refractivity contribution in [2.24, 2.45) is 0 Å². The zero-order chi connectivity index (χ0) is 23.3. The maximum atomic E-state index is 9.65. The average molecular weight is 440 g/mol. The SMILES string of the molecule is CCCCCCN(Cc1ccc(C#Cc2ccc(CCCC)cc2)cc1)c1ccc(O)cc1. The van der Waals surface area contributed by atoms with Crippen molar-refractivity contribution in [2.45, 2.75) is 65.3 Å². The Morgan fingerprint density at radius 1 is 0.636 bits per heavy atom. The molecule has 2 nitrogen and oxygen atoms in total. The number of aryl methyl sites for hydroxylation is 1. The molecule has 2 heteroatoms. The number of anilines is 1. The lowest BCUT2D eigenvalue weighted by atomic mass is 10.1. The summed E-state index contributed by atoms with van der Waals surface area (Å²) < 4.78 is 0. The molecule has 0 unspecified atom stereocenters. The van der Waals surface area contributed by atoms with E-state index in [9.17, 15) is 5.11 Å².